The molecule has 0 bridgehead atoms. The van der Waals surface area contributed by atoms with Crippen molar-refractivity contribution in [2.24, 2.45) is 4.99 Å². The minimum absolute atomic E-state index is 0.234. The Labute approximate surface area is 172 Å². The van der Waals surface area contributed by atoms with Crippen molar-refractivity contribution in [3.05, 3.63) is 60.2 Å². The molecule has 2 aromatic heterocycles. The molecule has 1 aliphatic rings. The molecule has 0 saturated carbocycles. The average molecular weight is 394 g/mol. The predicted octanol–water partition coefficient (Wildman–Crippen LogP) is 3.70. The van der Waals surface area contributed by atoms with Gasteiger partial charge in [-0.05, 0) is 56.1 Å². The van der Waals surface area contributed by atoms with E-state index in [1.54, 1.807) is 6.26 Å². The molecule has 3 N–H and O–H groups in total. The lowest BCUT2D eigenvalue weighted by atomic mass is 10.1. The van der Waals surface area contributed by atoms with Crippen LogP contribution < -0.4 is 10.6 Å². The van der Waals surface area contributed by atoms with Crippen LogP contribution in [-0.2, 0) is 6.42 Å². The summed E-state index contributed by atoms with van der Waals surface area (Å²) in [6.07, 6.45) is 8.65. The predicted molar refractivity (Wildman–Crippen MR) is 118 cm³/mol. The first-order chi connectivity index (χ1) is 14.3. The number of piperidine rings is 1. The number of nitrogens with one attached hydrogen (secondary N) is 3. The van der Waals surface area contributed by atoms with Crippen LogP contribution in [0, 0.1) is 0 Å². The zero-order chi connectivity index (χ0) is 19.9. The smallest absolute Gasteiger partial charge is 0.191 e. The number of furan rings is 1. The van der Waals surface area contributed by atoms with E-state index in [-0.39, 0.29) is 6.04 Å². The molecule has 0 radical (unpaired) electrons. The maximum absolute atomic E-state index is 5.74. The van der Waals surface area contributed by atoms with Crippen molar-refractivity contribution < 1.29 is 4.42 Å². The normalized spacial score (nSPS) is 16.8. The highest BCUT2D eigenvalue weighted by Gasteiger charge is 2.24. The molecule has 1 unspecified atom stereocenters. The molecule has 0 amide bonds. The van der Waals surface area contributed by atoms with E-state index < -0.39 is 0 Å². The second kappa shape index (κ2) is 9.65. The van der Waals surface area contributed by atoms with Crippen LogP contribution in [-0.4, -0.2) is 49.1 Å². The highest BCUT2D eigenvalue weighted by molar-refractivity contribution is 5.83. The first-order valence-corrected chi connectivity index (χ1v) is 10.6. The summed E-state index contributed by atoms with van der Waals surface area (Å²) in [5.74, 6) is 1.85. The fourth-order valence-electron chi connectivity index (χ4n) is 4.19. The van der Waals surface area contributed by atoms with Gasteiger partial charge >= 0.3 is 0 Å². The van der Waals surface area contributed by atoms with Gasteiger partial charge in [0.1, 0.15) is 5.76 Å². The Kier molecular flexibility index (Phi) is 6.52. The molecule has 0 spiro atoms. The molecule has 0 aliphatic carbocycles. The number of aromatic nitrogens is 1. The van der Waals surface area contributed by atoms with Crippen LogP contribution in [0.25, 0.3) is 10.9 Å². The van der Waals surface area contributed by atoms with E-state index in [0.717, 1.165) is 44.3 Å². The number of hydrogen-bond donors (Lipinski definition) is 3. The Bertz CT molecular complexity index is 908. The zero-order valence-electron chi connectivity index (χ0n) is 17.2. The molecule has 29 heavy (non-hydrogen) atoms. The lowest BCUT2D eigenvalue weighted by Crippen LogP contribution is -2.44. The fraction of sp³-hybridized carbons (Fsp3) is 0.435. The minimum Gasteiger partial charge on any atom is -0.468 e. The Morgan fingerprint density at radius 1 is 1.14 bits per heavy atom. The van der Waals surface area contributed by atoms with Crippen molar-refractivity contribution in [3.8, 4) is 0 Å². The quantitative estimate of drug-likeness (QED) is 0.423. The van der Waals surface area contributed by atoms with Crippen LogP contribution in [0.2, 0.25) is 0 Å². The largest absolute Gasteiger partial charge is 0.468 e. The van der Waals surface area contributed by atoms with Gasteiger partial charge in [-0.15, -0.1) is 0 Å². The van der Waals surface area contributed by atoms with Crippen LogP contribution in [0.4, 0.5) is 0 Å². The summed E-state index contributed by atoms with van der Waals surface area (Å²) in [6, 6.07) is 12.7. The van der Waals surface area contributed by atoms with Crippen molar-refractivity contribution in [2.75, 3.05) is 33.2 Å². The van der Waals surface area contributed by atoms with Gasteiger partial charge in [0.2, 0.25) is 0 Å². The molecule has 1 saturated heterocycles. The number of aromatic amines is 1. The van der Waals surface area contributed by atoms with Crippen LogP contribution in [0.15, 0.2) is 58.3 Å². The lowest BCUT2D eigenvalue weighted by molar-refractivity contribution is 0.146. The maximum atomic E-state index is 5.74. The fourth-order valence-corrected chi connectivity index (χ4v) is 4.19. The molecule has 154 valence electrons. The number of aliphatic imine (C=N–C) groups is 1. The molecule has 1 aromatic carbocycles. The summed E-state index contributed by atoms with van der Waals surface area (Å²) in [4.78, 5) is 10.3. The lowest BCUT2D eigenvalue weighted by Gasteiger charge is -2.33. The number of benzene rings is 1. The van der Waals surface area contributed by atoms with Crippen molar-refractivity contribution in [3.63, 3.8) is 0 Å². The molecule has 3 heterocycles. The van der Waals surface area contributed by atoms with Gasteiger partial charge in [-0.25, -0.2) is 0 Å². The van der Waals surface area contributed by atoms with Gasteiger partial charge in [0, 0.05) is 37.2 Å². The monoisotopic (exact) mass is 393 g/mol. The summed E-state index contributed by atoms with van der Waals surface area (Å²) in [7, 11) is 1.82. The maximum Gasteiger partial charge on any atom is 0.191 e. The third-order valence-corrected chi connectivity index (χ3v) is 5.75. The molecular weight excluding hydrogens is 362 g/mol. The summed E-state index contributed by atoms with van der Waals surface area (Å²) in [6.45, 7) is 3.86. The van der Waals surface area contributed by atoms with Gasteiger partial charge < -0.3 is 20.0 Å². The number of H-pyrrole nitrogens is 1. The van der Waals surface area contributed by atoms with Crippen molar-refractivity contribution >= 4 is 16.9 Å². The zero-order valence-corrected chi connectivity index (χ0v) is 17.2. The first kappa shape index (κ1) is 19.6. The summed E-state index contributed by atoms with van der Waals surface area (Å²) >= 11 is 0. The second-order valence-electron chi connectivity index (χ2n) is 7.62. The molecular formula is C23H31N5O. The Balaban J connectivity index is 1.32. The van der Waals surface area contributed by atoms with E-state index >= 15 is 0 Å². The molecule has 1 atom stereocenters. The number of fused-ring (bicyclic) bond motifs is 1. The van der Waals surface area contributed by atoms with Gasteiger partial charge in [0.05, 0.1) is 12.3 Å². The van der Waals surface area contributed by atoms with Crippen LogP contribution in [0.1, 0.15) is 36.6 Å². The SMILES string of the molecule is CN=C(NCCc1c[nH]c2ccccc12)NCC(c1ccco1)N1CCCCC1. The van der Waals surface area contributed by atoms with Crippen molar-refractivity contribution in [1.29, 1.82) is 0 Å². The number of nitrogens with zero attached hydrogens (tertiary/aromatic N) is 2. The highest BCUT2D eigenvalue weighted by Crippen LogP contribution is 2.24. The summed E-state index contributed by atoms with van der Waals surface area (Å²) in [5, 5.41) is 8.25. The minimum atomic E-state index is 0.234. The number of likely N-dealkylation sites (tertiary alicyclic amines) is 1. The first-order valence-electron chi connectivity index (χ1n) is 10.6. The highest BCUT2D eigenvalue weighted by atomic mass is 16.3. The Morgan fingerprint density at radius 3 is 2.79 bits per heavy atom. The molecule has 4 rings (SSSR count). The van der Waals surface area contributed by atoms with Crippen molar-refractivity contribution in [2.45, 2.75) is 31.7 Å². The van der Waals surface area contributed by atoms with E-state index in [0.29, 0.717) is 0 Å². The summed E-state index contributed by atoms with van der Waals surface area (Å²) in [5.41, 5.74) is 2.51. The number of guanidine groups is 1. The third-order valence-electron chi connectivity index (χ3n) is 5.75. The van der Waals surface area contributed by atoms with Crippen LogP contribution >= 0.6 is 0 Å². The van der Waals surface area contributed by atoms with Gasteiger partial charge in [0.15, 0.2) is 5.96 Å². The van der Waals surface area contributed by atoms with Crippen LogP contribution in [0.3, 0.4) is 0 Å². The molecule has 1 aliphatic heterocycles. The van der Waals surface area contributed by atoms with Gasteiger partial charge in [0.25, 0.3) is 0 Å². The van der Waals surface area contributed by atoms with Gasteiger partial charge in [-0.2, -0.15) is 0 Å². The third kappa shape index (κ3) is 4.82. The number of rotatable bonds is 7. The number of hydrogen-bond acceptors (Lipinski definition) is 3. The molecule has 6 heteroatoms. The molecule has 3 aromatic rings. The van der Waals surface area contributed by atoms with E-state index in [1.165, 1.54) is 35.7 Å². The molecule has 1 fully saturated rings. The second-order valence-corrected chi connectivity index (χ2v) is 7.62. The van der Waals surface area contributed by atoms with Crippen molar-refractivity contribution in [1.82, 2.24) is 20.5 Å². The van der Waals surface area contributed by atoms with E-state index in [4.69, 9.17) is 4.42 Å². The topological polar surface area (TPSA) is 68.6 Å². The van der Waals surface area contributed by atoms with E-state index in [2.05, 4.69) is 62.0 Å². The average Bonchev–Trinajstić information content (AvgIpc) is 3.44. The van der Waals surface area contributed by atoms with E-state index in [1.807, 2.05) is 13.1 Å². The Morgan fingerprint density at radius 2 is 2.00 bits per heavy atom. The van der Waals surface area contributed by atoms with E-state index in [9.17, 15) is 0 Å². The number of para-hydroxylation sites is 1. The standard InChI is InChI=1S/C23H31N5O/c1-24-23(25-12-11-18-16-26-20-9-4-3-8-19(18)20)27-17-21(22-10-7-15-29-22)28-13-5-2-6-14-28/h3-4,7-10,15-16,21,26H,2,5-6,11-14,17H2,1H3,(H2,24,25,27). The Hall–Kier alpha value is -2.73. The van der Waals surface area contributed by atoms with Crippen LogP contribution in [0.5, 0.6) is 0 Å². The summed E-state index contributed by atoms with van der Waals surface area (Å²) < 4.78 is 5.74. The van der Waals surface area contributed by atoms with Gasteiger partial charge in [-0.3, -0.25) is 9.89 Å². The van der Waals surface area contributed by atoms with Gasteiger partial charge in [-0.1, -0.05) is 24.6 Å². The molecule has 6 nitrogen and oxygen atoms in total.